The highest BCUT2D eigenvalue weighted by Gasteiger charge is 2.06. The molecule has 0 saturated carbocycles. The largest absolute Gasteiger partial charge is 0.344 e. The normalized spacial score (nSPS) is 9.31. The number of nitrogens with zero attached hydrogens (tertiary/aromatic N) is 2. The lowest BCUT2D eigenvalue weighted by atomic mass is 10.4. The lowest BCUT2D eigenvalue weighted by molar-refractivity contribution is -0.127. The van der Waals surface area contributed by atoms with E-state index < -0.39 is 0 Å². The molecule has 0 aliphatic rings. The second-order valence-corrected chi connectivity index (χ2v) is 3.88. The molecule has 0 aliphatic carbocycles. The minimum atomic E-state index is 0.119. The first-order valence-electron chi connectivity index (χ1n) is 4.41. The van der Waals surface area contributed by atoms with Crippen molar-refractivity contribution in [3.8, 4) is 6.07 Å². The van der Waals surface area contributed by atoms with E-state index in [9.17, 15) is 4.79 Å². The number of carbonyl (C=O) groups is 1. The average Bonchev–Trinajstić information content (AvgIpc) is 2.14. The monoisotopic (exact) mass is 200 g/mol. The van der Waals surface area contributed by atoms with Crippen LogP contribution < -0.4 is 0 Å². The molecule has 0 aromatic carbocycles. The van der Waals surface area contributed by atoms with Crippen molar-refractivity contribution in [2.45, 2.75) is 19.8 Å². The highest BCUT2D eigenvalue weighted by atomic mass is 32.2. The van der Waals surface area contributed by atoms with Gasteiger partial charge in [-0.15, -0.1) is 0 Å². The fourth-order valence-electron chi connectivity index (χ4n) is 0.756. The van der Waals surface area contributed by atoms with Gasteiger partial charge in [-0.3, -0.25) is 4.79 Å². The summed E-state index contributed by atoms with van der Waals surface area (Å²) in [6, 6.07) is 2.02. The number of hydrogen-bond acceptors (Lipinski definition) is 3. The Kier molecular flexibility index (Phi) is 7.51. The van der Waals surface area contributed by atoms with E-state index in [0.29, 0.717) is 18.7 Å². The Morgan fingerprint density at radius 1 is 1.62 bits per heavy atom. The molecule has 0 unspecified atom stereocenters. The summed E-state index contributed by atoms with van der Waals surface area (Å²) < 4.78 is 0. The van der Waals surface area contributed by atoms with Crippen molar-refractivity contribution in [1.82, 2.24) is 4.90 Å². The molecular weight excluding hydrogens is 184 g/mol. The van der Waals surface area contributed by atoms with Gasteiger partial charge in [0.15, 0.2) is 0 Å². The molecule has 0 atom stereocenters. The van der Waals surface area contributed by atoms with Gasteiger partial charge in [-0.1, -0.05) is 6.92 Å². The van der Waals surface area contributed by atoms with E-state index in [1.54, 1.807) is 23.7 Å². The van der Waals surface area contributed by atoms with Crippen LogP contribution in [0.1, 0.15) is 19.8 Å². The quantitative estimate of drug-likeness (QED) is 0.610. The van der Waals surface area contributed by atoms with Gasteiger partial charge in [-0.25, -0.2) is 0 Å². The molecule has 0 radical (unpaired) electrons. The lowest BCUT2D eigenvalue weighted by Gasteiger charge is -2.14. The number of rotatable bonds is 6. The fraction of sp³-hybridized carbons (Fsp3) is 0.778. The van der Waals surface area contributed by atoms with Crippen molar-refractivity contribution in [2.75, 3.05) is 25.1 Å². The second kappa shape index (κ2) is 7.93. The van der Waals surface area contributed by atoms with Crippen molar-refractivity contribution in [2.24, 2.45) is 0 Å². The van der Waals surface area contributed by atoms with E-state index in [4.69, 9.17) is 5.26 Å². The molecule has 0 heterocycles. The maximum atomic E-state index is 11.3. The highest BCUT2D eigenvalue weighted by Crippen LogP contribution is 2.03. The van der Waals surface area contributed by atoms with Gasteiger partial charge in [0.1, 0.15) is 0 Å². The number of amides is 1. The summed E-state index contributed by atoms with van der Waals surface area (Å²) in [5, 5.41) is 8.32. The molecule has 74 valence electrons. The average molecular weight is 200 g/mol. The first-order chi connectivity index (χ1) is 6.22. The molecule has 0 bridgehead atoms. The molecule has 0 saturated heterocycles. The molecule has 13 heavy (non-hydrogen) atoms. The van der Waals surface area contributed by atoms with Crippen molar-refractivity contribution in [1.29, 1.82) is 5.26 Å². The maximum Gasteiger partial charge on any atom is 0.232 e. The van der Waals surface area contributed by atoms with Crippen LogP contribution in [0.5, 0.6) is 0 Å². The van der Waals surface area contributed by atoms with E-state index in [1.807, 2.05) is 6.07 Å². The van der Waals surface area contributed by atoms with Crippen LogP contribution in [0.25, 0.3) is 0 Å². The van der Waals surface area contributed by atoms with Crippen molar-refractivity contribution >= 4 is 17.7 Å². The first kappa shape index (κ1) is 12.3. The van der Waals surface area contributed by atoms with Crippen LogP contribution in [0.2, 0.25) is 0 Å². The van der Waals surface area contributed by atoms with E-state index in [0.717, 1.165) is 12.2 Å². The molecule has 0 N–H and O–H groups in total. The standard InChI is InChI=1S/C9H16N2OS/c1-3-7-13-8-9(12)11(2)6-4-5-10/h3-4,6-8H2,1-2H3. The van der Waals surface area contributed by atoms with Gasteiger partial charge in [0.25, 0.3) is 0 Å². The molecule has 3 nitrogen and oxygen atoms in total. The molecule has 0 rings (SSSR count). The van der Waals surface area contributed by atoms with Gasteiger partial charge < -0.3 is 4.90 Å². The predicted octanol–water partition coefficient (Wildman–Crippen LogP) is 1.50. The zero-order valence-electron chi connectivity index (χ0n) is 8.25. The molecule has 4 heteroatoms. The third kappa shape index (κ3) is 6.47. The number of carbonyl (C=O) groups excluding carboxylic acids is 1. The number of nitriles is 1. The van der Waals surface area contributed by atoms with E-state index in [-0.39, 0.29) is 5.91 Å². The van der Waals surface area contributed by atoms with Crippen molar-refractivity contribution in [3.05, 3.63) is 0 Å². The Bertz CT molecular complexity index is 189. The molecular formula is C9H16N2OS. The van der Waals surface area contributed by atoms with Gasteiger partial charge in [0, 0.05) is 13.6 Å². The van der Waals surface area contributed by atoms with Crippen LogP contribution in [0.3, 0.4) is 0 Å². The molecule has 0 aromatic rings. The molecule has 1 amide bonds. The smallest absolute Gasteiger partial charge is 0.232 e. The van der Waals surface area contributed by atoms with Crippen molar-refractivity contribution in [3.63, 3.8) is 0 Å². The first-order valence-corrected chi connectivity index (χ1v) is 5.56. The van der Waals surface area contributed by atoms with Crippen LogP contribution in [0.4, 0.5) is 0 Å². The molecule has 0 fully saturated rings. The van der Waals surface area contributed by atoms with Gasteiger partial charge in [0.05, 0.1) is 18.2 Å². The van der Waals surface area contributed by atoms with Crippen LogP contribution in [-0.2, 0) is 4.79 Å². The summed E-state index contributed by atoms with van der Waals surface area (Å²) in [6.45, 7) is 2.64. The SMILES string of the molecule is CCCSCC(=O)N(C)CCC#N. The summed E-state index contributed by atoms with van der Waals surface area (Å²) in [7, 11) is 1.74. The van der Waals surface area contributed by atoms with Gasteiger partial charge in [0.2, 0.25) is 5.91 Å². The zero-order valence-corrected chi connectivity index (χ0v) is 9.06. The van der Waals surface area contributed by atoms with E-state index >= 15 is 0 Å². The Morgan fingerprint density at radius 2 is 2.31 bits per heavy atom. The minimum Gasteiger partial charge on any atom is -0.344 e. The fourth-order valence-corrected chi connectivity index (χ4v) is 1.58. The van der Waals surface area contributed by atoms with Crippen LogP contribution in [-0.4, -0.2) is 35.9 Å². The Hall–Kier alpha value is -0.690. The number of hydrogen-bond donors (Lipinski definition) is 0. The van der Waals surface area contributed by atoms with Crippen LogP contribution in [0, 0.1) is 11.3 Å². The third-order valence-electron chi connectivity index (χ3n) is 1.56. The van der Waals surface area contributed by atoms with E-state index in [1.165, 1.54) is 0 Å². The maximum absolute atomic E-state index is 11.3. The van der Waals surface area contributed by atoms with Crippen LogP contribution >= 0.6 is 11.8 Å². The van der Waals surface area contributed by atoms with Gasteiger partial charge in [-0.05, 0) is 12.2 Å². The van der Waals surface area contributed by atoms with Crippen molar-refractivity contribution < 1.29 is 4.79 Å². The summed E-state index contributed by atoms with van der Waals surface area (Å²) in [4.78, 5) is 12.9. The molecule has 0 spiro atoms. The third-order valence-corrected chi connectivity index (χ3v) is 2.71. The number of thioether (sulfide) groups is 1. The van der Waals surface area contributed by atoms with E-state index in [2.05, 4.69) is 6.92 Å². The summed E-state index contributed by atoms with van der Waals surface area (Å²) in [5.74, 6) is 1.68. The minimum absolute atomic E-state index is 0.119. The zero-order chi connectivity index (χ0) is 10.1. The molecule has 0 aliphatic heterocycles. The van der Waals surface area contributed by atoms with Crippen LogP contribution in [0.15, 0.2) is 0 Å². The Morgan fingerprint density at radius 3 is 2.85 bits per heavy atom. The lowest BCUT2D eigenvalue weighted by Crippen LogP contribution is -2.29. The topological polar surface area (TPSA) is 44.1 Å². The van der Waals surface area contributed by atoms with Gasteiger partial charge in [-0.2, -0.15) is 17.0 Å². The Balaban J connectivity index is 3.52. The highest BCUT2D eigenvalue weighted by molar-refractivity contribution is 7.99. The Labute approximate surface area is 84.1 Å². The van der Waals surface area contributed by atoms with Gasteiger partial charge >= 0.3 is 0 Å². The molecule has 0 aromatic heterocycles. The summed E-state index contributed by atoms with van der Waals surface area (Å²) in [5.41, 5.74) is 0. The summed E-state index contributed by atoms with van der Waals surface area (Å²) in [6.07, 6.45) is 1.51. The summed E-state index contributed by atoms with van der Waals surface area (Å²) >= 11 is 1.65. The second-order valence-electron chi connectivity index (χ2n) is 2.78. The predicted molar refractivity (Wildman–Crippen MR) is 55.5 cm³/mol.